The Labute approximate surface area is 105 Å². The molecule has 4 heteroatoms. The van der Waals surface area contributed by atoms with Crippen molar-refractivity contribution in [2.75, 3.05) is 46.4 Å². The van der Waals surface area contributed by atoms with Crippen LogP contribution in [-0.2, 0) is 4.74 Å². The quantitative estimate of drug-likeness (QED) is 0.779. The summed E-state index contributed by atoms with van der Waals surface area (Å²) in [5.74, 6) is 0. The number of likely N-dealkylation sites (tertiary alicyclic amines) is 1. The first-order chi connectivity index (χ1) is 8.22. The van der Waals surface area contributed by atoms with Crippen LogP contribution in [0.15, 0.2) is 0 Å². The minimum Gasteiger partial charge on any atom is -0.380 e. The highest BCUT2D eigenvalue weighted by molar-refractivity contribution is 4.97. The van der Waals surface area contributed by atoms with Crippen LogP contribution in [0.2, 0.25) is 0 Å². The number of hydrogen-bond acceptors (Lipinski definition) is 4. The van der Waals surface area contributed by atoms with Crippen molar-refractivity contribution in [1.82, 2.24) is 9.80 Å². The number of rotatable bonds is 4. The molecule has 0 spiro atoms. The summed E-state index contributed by atoms with van der Waals surface area (Å²) in [6, 6.07) is 0.576. The van der Waals surface area contributed by atoms with Gasteiger partial charge in [0.05, 0.1) is 6.61 Å². The molecule has 2 rings (SSSR count). The van der Waals surface area contributed by atoms with E-state index < -0.39 is 0 Å². The maximum absolute atomic E-state index is 6.09. The minimum absolute atomic E-state index is 0.212. The fourth-order valence-corrected chi connectivity index (χ4v) is 3.20. The lowest BCUT2D eigenvalue weighted by Gasteiger charge is -2.48. The molecule has 0 aromatic heterocycles. The van der Waals surface area contributed by atoms with Crippen LogP contribution in [-0.4, -0.2) is 67.8 Å². The molecule has 1 atom stereocenters. The number of hydrogen-bond donors (Lipinski definition) is 1. The molecule has 1 unspecified atom stereocenters. The molecule has 0 aromatic rings. The smallest absolute Gasteiger partial charge is 0.0622 e. The third kappa shape index (κ3) is 2.65. The standard InChI is InChI=1S/C13H27N3O/c1-3-16-7-5-13(11-14,6-8-16)15(2)12-4-9-17-10-12/h12H,3-11,14H2,1-2H3. The van der Waals surface area contributed by atoms with Crippen LogP contribution in [0.4, 0.5) is 0 Å². The first kappa shape index (κ1) is 13.3. The van der Waals surface area contributed by atoms with Gasteiger partial charge in [0.25, 0.3) is 0 Å². The lowest BCUT2D eigenvalue weighted by Crippen LogP contribution is -2.60. The summed E-state index contributed by atoms with van der Waals surface area (Å²) >= 11 is 0. The van der Waals surface area contributed by atoms with Gasteiger partial charge in [0.1, 0.15) is 0 Å². The summed E-state index contributed by atoms with van der Waals surface area (Å²) < 4.78 is 5.51. The van der Waals surface area contributed by atoms with E-state index in [2.05, 4.69) is 23.8 Å². The highest BCUT2D eigenvalue weighted by Crippen LogP contribution is 2.30. The zero-order valence-electron chi connectivity index (χ0n) is 11.3. The number of nitrogens with two attached hydrogens (primary N) is 1. The average molecular weight is 241 g/mol. The van der Waals surface area contributed by atoms with Crippen molar-refractivity contribution in [3.05, 3.63) is 0 Å². The van der Waals surface area contributed by atoms with E-state index in [1.807, 2.05) is 0 Å². The molecule has 2 heterocycles. The SMILES string of the molecule is CCN1CCC(CN)(N(C)C2CCOC2)CC1. The molecule has 100 valence electrons. The molecule has 2 aliphatic heterocycles. The van der Waals surface area contributed by atoms with Gasteiger partial charge in [0.2, 0.25) is 0 Å². The van der Waals surface area contributed by atoms with Crippen molar-refractivity contribution in [1.29, 1.82) is 0 Å². The summed E-state index contributed by atoms with van der Waals surface area (Å²) in [5, 5.41) is 0. The van der Waals surface area contributed by atoms with Crippen molar-refractivity contribution in [2.45, 2.75) is 37.8 Å². The Morgan fingerprint density at radius 3 is 2.59 bits per heavy atom. The monoisotopic (exact) mass is 241 g/mol. The molecule has 0 aliphatic carbocycles. The maximum Gasteiger partial charge on any atom is 0.0622 e. The molecule has 4 nitrogen and oxygen atoms in total. The maximum atomic E-state index is 6.09. The highest BCUT2D eigenvalue weighted by atomic mass is 16.5. The molecular weight excluding hydrogens is 214 g/mol. The van der Waals surface area contributed by atoms with Crippen LogP contribution < -0.4 is 5.73 Å². The molecule has 2 saturated heterocycles. The summed E-state index contributed by atoms with van der Waals surface area (Å²) in [5.41, 5.74) is 6.30. The fourth-order valence-electron chi connectivity index (χ4n) is 3.20. The van der Waals surface area contributed by atoms with E-state index in [0.29, 0.717) is 6.04 Å². The van der Waals surface area contributed by atoms with Gasteiger partial charge in [-0.05, 0) is 45.9 Å². The molecule has 0 saturated carbocycles. The largest absolute Gasteiger partial charge is 0.380 e. The Hall–Kier alpha value is -0.160. The van der Waals surface area contributed by atoms with Crippen molar-refractivity contribution in [3.8, 4) is 0 Å². The Morgan fingerprint density at radius 1 is 1.41 bits per heavy atom. The van der Waals surface area contributed by atoms with E-state index >= 15 is 0 Å². The van der Waals surface area contributed by atoms with Crippen LogP contribution in [0, 0.1) is 0 Å². The van der Waals surface area contributed by atoms with Gasteiger partial charge in [-0.2, -0.15) is 0 Å². The number of nitrogens with zero attached hydrogens (tertiary/aromatic N) is 2. The minimum atomic E-state index is 0.212. The summed E-state index contributed by atoms with van der Waals surface area (Å²) in [7, 11) is 2.24. The summed E-state index contributed by atoms with van der Waals surface area (Å²) in [4.78, 5) is 5.04. The van der Waals surface area contributed by atoms with E-state index in [0.717, 1.165) is 32.7 Å². The van der Waals surface area contributed by atoms with Crippen molar-refractivity contribution in [3.63, 3.8) is 0 Å². The normalized spacial score (nSPS) is 30.0. The first-order valence-corrected chi connectivity index (χ1v) is 6.95. The van der Waals surface area contributed by atoms with E-state index in [-0.39, 0.29) is 5.54 Å². The van der Waals surface area contributed by atoms with Gasteiger partial charge >= 0.3 is 0 Å². The molecule has 17 heavy (non-hydrogen) atoms. The van der Waals surface area contributed by atoms with Crippen LogP contribution in [0.1, 0.15) is 26.2 Å². The number of piperidine rings is 1. The van der Waals surface area contributed by atoms with Gasteiger partial charge in [-0.15, -0.1) is 0 Å². The van der Waals surface area contributed by atoms with Crippen molar-refractivity contribution < 1.29 is 4.74 Å². The fraction of sp³-hybridized carbons (Fsp3) is 1.00. The molecule has 2 aliphatic rings. The Balaban J connectivity index is 1.99. The second-order valence-corrected chi connectivity index (χ2v) is 5.49. The second kappa shape index (κ2) is 5.65. The van der Waals surface area contributed by atoms with Crippen LogP contribution in [0.5, 0.6) is 0 Å². The molecule has 0 aromatic carbocycles. The van der Waals surface area contributed by atoms with Crippen molar-refractivity contribution in [2.24, 2.45) is 5.73 Å². The lowest BCUT2D eigenvalue weighted by molar-refractivity contribution is 0.0142. The van der Waals surface area contributed by atoms with Gasteiger partial charge in [-0.3, -0.25) is 4.90 Å². The Bertz CT molecular complexity index is 233. The van der Waals surface area contributed by atoms with E-state index in [9.17, 15) is 0 Å². The van der Waals surface area contributed by atoms with Gasteiger partial charge in [0.15, 0.2) is 0 Å². The highest BCUT2D eigenvalue weighted by Gasteiger charge is 2.40. The summed E-state index contributed by atoms with van der Waals surface area (Å²) in [6.07, 6.45) is 3.56. The predicted octanol–water partition coefficient (Wildman–Crippen LogP) is 0.520. The average Bonchev–Trinajstić information content (AvgIpc) is 2.92. The molecule has 2 fully saturated rings. The van der Waals surface area contributed by atoms with Gasteiger partial charge in [-0.25, -0.2) is 0 Å². The third-order valence-corrected chi connectivity index (χ3v) is 4.82. The number of ether oxygens (including phenoxy) is 1. The van der Waals surface area contributed by atoms with E-state index in [1.54, 1.807) is 0 Å². The molecule has 0 radical (unpaired) electrons. The molecule has 2 N–H and O–H groups in total. The molecule has 0 amide bonds. The van der Waals surface area contributed by atoms with E-state index in [4.69, 9.17) is 10.5 Å². The second-order valence-electron chi connectivity index (χ2n) is 5.49. The third-order valence-electron chi connectivity index (χ3n) is 4.82. The van der Waals surface area contributed by atoms with E-state index in [1.165, 1.54) is 25.9 Å². The zero-order chi connectivity index (χ0) is 12.3. The van der Waals surface area contributed by atoms with Gasteiger partial charge in [-0.1, -0.05) is 6.92 Å². The Kier molecular flexibility index (Phi) is 4.42. The van der Waals surface area contributed by atoms with Crippen LogP contribution in [0.3, 0.4) is 0 Å². The lowest BCUT2D eigenvalue weighted by atomic mass is 9.84. The molecular formula is C13H27N3O. The van der Waals surface area contributed by atoms with Crippen LogP contribution in [0.25, 0.3) is 0 Å². The van der Waals surface area contributed by atoms with Gasteiger partial charge in [0, 0.05) is 24.7 Å². The topological polar surface area (TPSA) is 41.7 Å². The molecule has 0 bridgehead atoms. The van der Waals surface area contributed by atoms with Crippen molar-refractivity contribution >= 4 is 0 Å². The first-order valence-electron chi connectivity index (χ1n) is 6.95. The zero-order valence-corrected chi connectivity index (χ0v) is 11.3. The predicted molar refractivity (Wildman–Crippen MR) is 70.1 cm³/mol. The Morgan fingerprint density at radius 2 is 2.12 bits per heavy atom. The number of likely N-dealkylation sites (N-methyl/N-ethyl adjacent to an activating group) is 1. The van der Waals surface area contributed by atoms with Crippen LogP contribution >= 0.6 is 0 Å². The van der Waals surface area contributed by atoms with Gasteiger partial charge < -0.3 is 15.4 Å². The summed E-state index contributed by atoms with van der Waals surface area (Å²) in [6.45, 7) is 8.35.